The summed E-state index contributed by atoms with van der Waals surface area (Å²) in [4.78, 5) is 0.0768. The first-order valence-electron chi connectivity index (χ1n) is 8.24. The number of hydrogen-bond donors (Lipinski definition) is 2. The summed E-state index contributed by atoms with van der Waals surface area (Å²) in [5.74, 6) is 0. The minimum atomic E-state index is -3.77. The third-order valence-corrected chi connectivity index (χ3v) is 5.96. The Morgan fingerprint density at radius 1 is 1.04 bits per heavy atom. The number of H-pyrrole nitrogens is 1. The molecule has 0 atom stereocenters. The van der Waals surface area contributed by atoms with Crippen LogP contribution in [0.4, 0.5) is 5.69 Å². The van der Waals surface area contributed by atoms with Crippen LogP contribution in [0.3, 0.4) is 0 Å². The largest absolute Gasteiger partial charge is 0.280 e. The number of nitrogens with zero attached hydrogens (tertiary/aromatic N) is 2. The Hall–Kier alpha value is -3.34. The molecule has 0 radical (unpaired) electrons. The molecule has 0 aliphatic carbocycles. The van der Waals surface area contributed by atoms with Crippen LogP contribution in [0.15, 0.2) is 71.6 Å². The molecule has 1 aromatic heterocycles. The van der Waals surface area contributed by atoms with Gasteiger partial charge in [0.2, 0.25) is 0 Å². The molecule has 0 bridgehead atoms. The molecule has 4 aromatic rings. The number of rotatable bonds is 4. The van der Waals surface area contributed by atoms with Crippen molar-refractivity contribution in [3.8, 4) is 17.3 Å². The molecule has 2 N–H and O–H groups in total. The van der Waals surface area contributed by atoms with Gasteiger partial charge in [0, 0.05) is 10.9 Å². The van der Waals surface area contributed by atoms with Gasteiger partial charge >= 0.3 is 0 Å². The number of aromatic amines is 1. The standard InChI is InChI=1S/C20H13ClN4O2S/c21-18-4-2-1-3-16(18)20-17-10-7-14(11-19(17)23-24-20)25-28(26,27)15-8-5-13(12-22)6-9-15/h1-11,25H,(H,23,24). The topological polar surface area (TPSA) is 98.6 Å². The molecule has 0 saturated carbocycles. The smallest absolute Gasteiger partial charge is 0.261 e. The molecule has 0 fully saturated rings. The lowest BCUT2D eigenvalue weighted by molar-refractivity contribution is 0.601. The highest BCUT2D eigenvalue weighted by Crippen LogP contribution is 2.32. The number of aromatic nitrogens is 2. The third kappa shape index (κ3) is 3.31. The maximum Gasteiger partial charge on any atom is 0.261 e. The van der Waals surface area contributed by atoms with Crippen molar-refractivity contribution in [2.24, 2.45) is 0 Å². The average Bonchev–Trinajstić information content (AvgIpc) is 3.11. The molecule has 28 heavy (non-hydrogen) atoms. The van der Waals surface area contributed by atoms with Gasteiger partial charge in [-0.15, -0.1) is 0 Å². The number of sulfonamides is 1. The van der Waals surface area contributed by atoms with E-state index in [2.05, 4.69) is 14.9 Å². The lowest BCUT2D eigenvalue weighted by atomic mass is 10.1. The summed E-state index contributed by atoms with van der Waals surface area (Å²) in [6, 6.07) is 20.2. The van der Waals surface area contributed by atoms with E-state index in [9.17, 15) is 8.42 Å². The zero-order chi connectivity index (χ0) is 19.7. The molecule has 0 amide bonds. The fourth-order valence-electron chi connectivity index (χ4n) is 2.86. The van der Waals surface area contributed by atoms with Crippen LogP contribution >= 0.6 is 11.6 Å². The first-order valence-corrected chi connectivity index (χ1v) is 10.1. The minimum absolute atomic E-state index is 0.0768. The van der Waals surface area contributed by atoms with E-state index in [-0.39, 0.29) is 4.90 Å². The monoisotopic (exact) mass is 408 g/mol. The van der Waals surface area contributed by atoms with Gasteiger partial charge in [0.05, 0.1) is 32.8 Å². The Morgan fingerprint density at radius 2 is 1.79 bits per heavy atom. The van der Waals surface area contributed by atoms with Crippen LogP contribution in [0.25, 0.3) is 22.2 Å². The Labute approximate surface area is 166 Å². The fraction of sp³-hybridized carbons (Fsp3) is 0. The predicted molar refractivity (Wildman–Crippen MR) is 109 cm³/mol. The van der Waals surface area contributed by atoms with Crippen LogP contribution in [0.2, 0.25) is 5.02 Å². The summed E-state index contributed by atoms with van der Waals surface area (Å²) in [6.45, 7) is 0. The summed E-state index contributed by atoms with van der Waals surface area (Å²) < 4.78 is 27.7. The number of nitriles is 1. The van der Waals surface area contributed by atoms with Crippen molar-refractivity contribution in [1.82, 2.24) is 10.2 Å². The molecule has 1 heterocycles. The van der Waals surface area contributed by atoms with Crippen LogP contribution in [-0.2, 0) is 10.0 Å². The molecule has 3 aromatic carbocycles. The van der Waals surface area contributed by atoms with Gasteiger partial charge in [-0.05, 0) is 48.5 Å². The van der Waals surface area contributed by atoms with E-state index < -0.39 is 10.0 Å². The first-order chi connectivity index (χ1) is 13.5. The molecule has 138 valence electrons. The molecule has 0 aliphatic heterocycles. The summed E-state index contributed by atoms with van der Waals surface area (Å²) in [5, 5.41) is 17.5. The second-order valence-electron chi connectivity index (χ2n) is 6.05. The lowest BCUT2D eigenvalue weighted by Crippen LogP contribution is -2.12. The molecule has 8 heteroatoms. The van der Waals surface area contributed by atoms with Gasteiger partial charge in [0.1, 0.15) is 5.69 Å². The van der Waals surface area contributed by atoms with Gasteiger partial charge in [-0.1, -0.05) is 29.8 Å². The van der Waals surface area contributed by atoms with E-state index in [4.69, 9.17) is 16.9 Å². The van der Waals surface area contributed by atoms with Gasteiger partial charge < -0.3 is 0 Å². The van der Waals surface area contributed by atoms with Crippen molar-refractivity contribution in [3.05, 3.63) is 77.3 Å². The van der Waals surface area contributed by atoms with Crippen LogP contribution < -0.4 is 4.72 Å². The molecule has 4 rings (SSSR count). The van der Waals surface area contributed by atoms with Crippen molar-refractivity contribution in [3.63, 3.8) is 0 Å². The molecular formula is C20H13ClN4O2S. The van der Waals surface area contributed by atoms with E-state index >= 15 is 0 Å². The van der Waals surface area contributed by atoms with Crippen molar-refractivity contribution in [2.45, 2.75) is 4.90 Å². The van der Waals surface area contributed by atoms with E-state index in [1.807, 2.05) is 24.3 Å². The molecule has 0 saturated heterocycles. The second-order valence-corrected chi connectivity index (χ2v) is 8.14. The van der Waals surface area contributed by atoms with E-state index in [1.165, 1.54) is 24.3 Å². The SMILES string of the molecule is N#Cc1ccc(S(=O)(=O)Nc2ccc3c(-c4ccccc4Cl)n[nH]c3c2)cc1. The van der Waals surface area contributed by atoms with Crippen LogP contribution in [0.5, 0.6) is 0 Å². The quantitative estimate of drug-likeness (QED) is 0.517. The molecular weight excluding hydrogens is 396 g/mol. The number of nitrogens with one attached hydrogen (secondary N) is 2. The predicted octanol–water partition coefficient (Wildman–Crippen LogP) is 4.56. The molecule has 0 unspecified atom stereocenters. The molecule has 6 nitrogen and oxygen atoms in total. The van der Waals surface area contributed by atoms with Gasteiger partial charge in [0.25, 0.3) is 10.0 Å². The fourth-order valence-corrected chi connectivity index (χ4v) is 4.14. The number of fused-ring (bicyclic) bond motifs is 1. The summed E-state index contributed by atoms with van der Waals surface area (Å²) in [7, 11) is -3.77. The second kappa shape index (κ2) is 7.00. The number of hydrogen-bond acceptors (Lipinski definition) is 4. The van der Waals surface area contributed by atoms with Crippen molar-refractivity contribution < 1.29 is 8.42 Å². The number of benzene rings is 3. The minimum Gasteiger partial charge on any atom is -0.280 e. The Kier molecular flexibility index (Phi) is 4.51. The summed E-state index contributed by atoms with van der Waals surface area (Å²) in [6.07, 6.45) is 0. The maximum atomic E-state index is 12.6. The van der Waals surface area contributed by atoms with Crippen LogP contribution in [0.1, 0.15) is 5.56 Å². The highest BCUT2D eigenvalue weighted by Gasteiger charge is 2.16. The Balaban J connectivity index is 1.67. The number of anilines is 1. The van der Waals surface area contributed by atoms with Gasteiger partial charge in [0.15, 0.2) is 0 Å². The zero-order valence-electron chi connectivity index (χ0n) is 14.3. The third-order valence-electron chi connectivity index (χ3n) is 4.24. The van der Waals surface area contributed by atoms with E-state index in [0.29, 0.717) is 27.5 Å². The molecule has 0 aliphatic rings. The van der Waals surface area contributed by atoms with Crippen LogP contribution in [-0.4, -0.2) is 18.6 Å². The van der Waals surface area contributed by atoms with Gasteiger partial charge in [-0.3, -0.25) is 9.82 Å². The first kappa shape index (κ1) is 18.0. The van der Waals surface area contributed by atoms with Crippen LogP contribution in [0, 0.1) is 11.3 Å². The highest BCUT2D eigenvalue weighted by atomic mass is 35.5. The number of halogens is 1. The normalized spacial score (nSPS) is 11.3. The zero-order valence-corrected chi connectivity index (χ0v) is 15.9. The van der Waals surface area contributed by atoms with E-state index in [0.717, 1.165) is 10.9 Å². The Morgan fingerprint density at radius 3 is 2.50 bits per heavy atom. The summed E-state index contributed by atoms with van der Waals surface area (Å²) in [5.41, 5.74) is 2.95. The Bertz CT molecular complexity index is 1320. The van der Waals surface area contributed by atoms with Crippen molar-refractivity contribution in [1.29, 1.82) is 5.26 Å². The van der Waals surface area contributed by atoms with E-state index in [1.54, 1.807) is 24.3 Å². The average molecular weight is 409 g/mol. The lowest BCUT2D eigenvalue weighted by Gasteiger charge is -2.08. The van der Waals surface area contributed by atoms with Crippen molar-refractivity contribution >= 4 is 38.2 Å². The molecule has 0 spiro atoms. The van der Waals surface area contributed by atoms with Crippen molar-refractivity contribution in [2.75, 3.05) is 4.72 Å². The maximum absolute atomic E-state index is 12.6. The highest BCUT2D eigenvalue weighted by molar-refractivity contribution is 7.92. The summed E-state index contributed by atoms with van der Waals surface area (Å²) >= 11 is 6.26. The van der Waals surface area contributed by atoms with Gasteiger partial charge in [-0.25, -0.2) is 8.42 Å². The van der Waals surface area contributed by atoms with Gasteiger partial charge in [-0.2, -0.15) is 10.4 Å².